The number of nitro benzene ring substituents is 1. The number of nitrogens with zero attached hydrogens (tertiary/aromatic N) is 2. The zero-order valence-electron chi connectivity index (χ0n) is 10.4. The lowest BCUT2D eigenvalue weighted by atomic mass is 10.3. The van der Waals surface area contributed by atoms with E-state index in [1.807, 2.05) is 5.43 Å². The summed E-state index contributed by atoms with van der Waals surface area (Å²) in [6.45, 7) is -0.00833. The van der Waals surface area contributed by atoms with Crippen molar-refractivity contribution in [2.75, 3.05) is 0 Å². The largest absolute Gasteiger partial charge is 0.487 e. The van der Waals surface area contributed by atoms with Gasteiger partial charge in [-0.15, -0.1) is 11.3 Å². The van der Waals surface area contributed by atoms with E-state index in [4.69, 9.17) is 10.6 Å². The molecule has 8 nitrogen and oxygen atoms in total. The Morgan fingerprint density at radius 2 is 2.33 bits per heavy atom. The van der Waals surface area contributed by atoms with Gasteiger partial charge in [0.15, 0.2) is 5.01 Å². The van der Waals surface area contributed by atoms with Crippen LogP contribution in [0.2, 0.25) is 0 Å². The Labute approximate surface area is 121 Å². The van der Waals surface area contributed by atoms with Crippen molar-refractivity contribution in [3.05, 3.63) is 50.2 Å². The van der Waals surface area contributed by atoms with Gasteiger partial charge in [-0.1, -0.05) is 0 Å². The van der Waals surface area contributed by atoms with Gasteiger partial charge in [0.25, 0.3) is 5.91 Å². The van der Waals surface area contributed by atoms with Crippen LogP contribution in [0.25, 0.3) is 0 Å². The number of ether oxygens (including phenoxy) is 1. The van der Waals surface area contributed by atoms with Gasteiger partial charge < -0.3 is 4.74 Å². The molecule has 0 aliphatic rings. The van der Waals surface area contributed by atoms with Crippen molar-refractivity contribution >= 4 is 22.9 Å². The van der Waals surface area contributed by atoms with Gasteiger partial charge in [-0.3, -0.25) is 20.3 Å². The van der Waals surface area contributed by atoms with Crippen LogP contribution < -0.4 is 16.0 Å². The number of benzene rings is 1. The smallest absolute Gasteiger partial charge is 0.305 e. The van der Waals surface area contributed by atoms with Gasteiger partial charge in [-0.05, 0) is 6.07 Å². The fraction of sp³-hybridized carbons (Fsp3) is 0.0909. The number of hydrogen-bond donors (Lipinski definition) is 2. The summed E-state index contributed by atoms with van der Waals surface area (Å²) in [7, 11) is 0. The second kappa shape index (κ2) is 6.24. The average molecular weight is 312 g/mol. The van der Waals surface area contributed by atoms with E-state index in [1.165, 1.54) is 6.07 Å². The lowest BCUT2D eigenvalue weighted by Crippen LogP contribution is -2.29. The first-order valence-electron chi connectivity index (χ1n) is 5.53. The minimum Gasteiger partial charge on any atom is -0.487 e. The molecule has 0 aliphatic heterocycles. The number of amides is 1. The summed E-state index contributed by atoms with van der Waals surface area (Å²) in [4.78, 5) is 24.8. The Balaban J connectivity index is 2.03. The molecule has 2 aromatic rings. The number of carbonyl (C=O) groups is 1. The fourth-order valence-electron chi connectivity index (χ4n) is 1.42. The molecule has 0 saturated heterocycles. The molecule has 10 heteroatoms. The molecule has 0 radical (unpaired) electrons. The third kappa shape index (κ3) is 3.49. The van der Waals surface area contributed by atoms with Crippen LogP contribution in [0.15, 0.2) is 23.6 Å². The average Bonchev–Trinajstić information content (AvgIpc) is 2.92. The van der Waals surface area contributed by atoms with Crippen LogP contribution in [0, 0.1) is 15.9 Å². The molecule has 1 amide bonds. The van der Waals surface area contributed by atoms with E-state index in [2.05, 4.69) is 4.98 Å². The number of nitro groups is 1. The van der Waals surface area contributed by atoms with Crippen molar-refractivity contribution in [1.82, 2.24) is 10.4 Å². The predicted molar refractivity (Wildman–Crippen MR) is 71.2 cm³/mol. The number of rotatable bonds is 5. The second-order valence-electron chi connectivity index (χ2n) is 3.78. The summed E-state index contributed by atoms with van der Waals surface area (Å²) in [5.41, 5.74) is 1.78. The molecule has 0 atom stereocenters. The number of nitrogen functional groups attached to an aromatic ring is 1. The molecule has 1 heterocycles. The molecule has 1 aromatic carbocycles. The third-order valence-electron chi connectivity index (χ3n) is 2.38. The summed E-state index contributed by atoms with van der Waals surface area (Å²) >= 11 is 1.08. The Kier molecular flexibility index (Phi) is 4.40. The zero-order valence-corrected chi connectivity index (χ0v) is 11.2. The Morgan fingerprint density at radius 3 is 2.95 bits per heavy atom. The van der Waals surface area contributed by atoms with Crippen LogP contribution in [0.5, 0.6) is 5.75 Å². The normalized spacial score (nSPS) is 10.2. The topological polar surface area (TPSA) is 120 Å². The van der Waals surface area contributed by atoms with Crippen molar-refractivity contribution in [3.8, 4) is 5.75 Å². The SMILES string of the molecule is NNC(=O)c1nc(COc2ccc([N+](=O)[O-])c(F)c2)cs1. The van der Waals surface area contributed by atoms with Crippen molar-refractivity contribution < 1.29 is 18.8 Å². The zero-order chi connectivity index (χ0) is 15.4. The van der Waals surface area contributed by atoms with Crippen molar-refractivity contribution in [2.24, 2.45) is 5.84 Å². The van der Waals surface area contributed by atoms with E-state index in [-0.39, 0.29) is 17.4 Å². The minimum absolute atomic E-state index is 0.00833. The summed E-state index contributed by atoms with van der Waals surface area (Å²) in [5, 5.41) is 12.2. The van der Waals surface area contributed by atoms with Crippen molar-refractivity contribution in [2.45, 2.75) is 6.61 Å². The molecule has 21 heavy (non-hydrogen) atoms. The van der Waals surface area contributed by atoms with Crippen LogP contribution >= 0.6 is 11.3 Å². The third-order valence-corrected chi connectivity index (χ3v) is 3.27. The highest BCUT2D eigenvalue weighted by molar-refractivity contribution is 7.11. The standard InChI is InChI=1S/C11H9FN4O4S/c12-8-3-7(1-2-9(8)16(18)19)20-4-6-5-21-11(14-6)10(17)15-13/h1-3,5H,4,13H2,(H,15,17). The summed E-state index contributed by atoms with van der Waals surface area (Å²) in [5.74, 6) is 3.59. The summed E-state index contributed by atoms with van der Waals surface area (Å²) in [6, 6.07) is 3.21. The number of halogens is 1. The first-order valence-corrected chi connectivity index (χ1v) is 6.41. The molecule has 3 N–H and O–H groups in total. The van der Waals surface area contributed by atoms with E-state index in [0.29, 0.717) is 5.69 Å². The maximum absolute atomic E-state index is 13.4. The van der Waals surface area contributed by atoms with E-state index in [0.717, 1.165) is 23.5 Å². The fourth-order valence-corrected chi connectivity index (χ4v) is 2.13. The number of hydrogen-bond acceptors (Lipinski definition) is 7. The van der Waals surface area contributed by atoms with E-state index in [9.17, 15) is 19.3 Å². The van der Waals surface area contributed by atoms with Crippen LogP contribution in [-0.2, 0) is 6.61 Å². The molecule has 0 spiro atoms. The quantitative estimate of drug-likeness (QED) is 0.372. The first-order chi connectivity index (χ1) is 10.0. The summed E-state index contributed by atoms with van der Waals surface area (Å²) < 4.78 is 18.6. The van der Waals surface area contributed by atoms with Gasteiger partial charge in [0.1, 0.15) is 12.4 Å². The first kappa shape index (κ1) is 14.8. The number of hydrazine groups is 1. The molecular weight excluding hydrogens is 303 g/mol. The van der Waals surface area contributed by atoms with Crippen LogP contribution in [0.3, 0.4) is 0 Å². The number of thiazole rings is 1. The summed E-state index contributed by atoms with van der Waals surface area (Å²) in [6.07, 6.45) is 0. The lowest BCUT2D eigenvalue weighted by molar-refractivity contribution is -0.387. The molecule has 2 rings (SSSR count). The molecule has 0 unspecified atom stereocenters. The lowest BCUT2D eigenvalue weighted by Gasteiger charge is -2.04. The monoisotopic (exact) mass is 312 g/mol. The molecule has 110 valence electrons. The Morgan fingerprint density at radius 1 is 1.57 bits per heavy atom. The molecule has 0 aliphatic carbocycles. The Bertz CT molecular complexity index is 691. The molecule has 1 aromatic heterocycles. The highest BCUT2D eigenvalue weighted by atomic mass is 32.1. The van der Waals surface area contributed by atoms with E-state index < -0.39 is 22.3 Å². The molecule has 0 fully saturated rings. The van der Waals surface area contributed by atoms with Crippen LogP contribution in [-0.4, -0.2) is 15.8 Å². The second-order valence-corrected chi connectivity index (χ2v) is 4.63. The van der Waals surface area contributed by atoms with Crippen LogP contribution in [0.4, 0.5) is 10.1 Å². The van der Waals surface area contributed by atoms with Gasteiger partial charge in [0.05, 0.1) is 10.6 Å². The number of nitrogens with one attached hydrogen (secondary N) is 1. The van der Waals surface area contributed by atoms with E-state index >= 15 is 0 Å². The number of aromatic nitrogens is 1. The molecular formula is C11H9FN4O4S. The van der Waals surface area contributed by atoms with Gasteiger partial charge in [0.2, 0.25) is 5.82 Å². The van der Waals surface area contributed by atoms with Crippen molar-refractivity contribution in [3.63, 3.8) is 0 Å². The maximum atomic E-state index is 13.4. The van der Waals surface area contributed by atoms with Gasteiger partial charge >= 0.3 is 5.69 Å². The van der Waals surface area contributed by atoms with E-state index in [1.54, 1.807) is 5.38 Å². The minimum atomic E-state index is -0.987. The number of carbonyl (C=O) groups excluding carboxylic acids is 1. The van der Waals surface area contributed by atoms with Crippen LogP contribution in [0.1, 0.15) is 15.5 Å². The molecule has 0 saturated carbocycles. The Hall–Kier alpha value is -2.59. The maximum Gasteiger partial charge on any atom is 0.305 e. The highest BCUT2D eigenvalue weighted by Gasteiger charge is 2.15. The highest BCUT2D eigenvalue weighted by Crippen LogP contribution is 2.23. The molecule has 0 bridgehead atoms. The predicted octanol–water partition coefficient (Wildman–Crippen LogP) is 1.37. The van der Waals surface area contributed by atoms with Gasteiger partial charge in [0, 0.05) is 17.5 Å². The van der Waals surface area contributed by atoms with Gasteiger partial charge in [-0.25, -0.2) is 10.8 Å². The van der Waals surface area contributed by atoms with Gasteiger partial charge in [-0.2, -0.15) is 4.39 Å². The number of nitrogens with two attached hydrogens (primary N) is 1. The van der Waals surface area contributed by atoms with Crippen molar-refractivity contribution in [1.29, 1.82) is 0 Å².